The summed E-state index contributed by atoms with van der Waals surface area (Å²) >= 11 is 0. The zero-order chi connectivity index (χ0) is 20.9. The van der Waals surface area contributed by atoms with Gasteiger partial charge in [-0.3, -0.25) is 4.79 Å². The van der Waals surface area contributed by atoms with Gasteiger partial charge in [-0.15, -0.1) is 0 Å². The molecule has 10 heteroatoms. The fraction of sp³-hybridized carbons (Fsp3) is 0.0526. The molecule has 0 radical (unpaired) electrons. The van der Waals surface area contributed by atoms with Crippen molar-refractivity contribution in [2.75, 3.05) is 11.8 Å². The van der Waals surface area contributed by atoms with Crippen LogP contribution in [0.15, 0.2) is 69.7 Å². The standard InChI is InChI=1S/C19H15N5O4S/c1-21-18(25)14(12-20)11-15-5-8-17(28-15)13-3-6-16(7-4-13)29(26,27)24-19-22-9-2-10-23-19/h2-11H,1H3,(H,21,25)(H,22,23,24)/b14-11+. The van der Waals surface area contributed by atoms with Crippen molar-refractivity contribution in [3.05, 3.63) is 66.2 Å². The van der Waals surface area contributed by atoms with Crippen molar-refractivity contribution in [1.29, 1.82) is 5.26 Å². The average molecular weight is 409 g/mol. The lowest BCUT2D eigenvalue weighted by Crippen LogP contribution is -2.18. The summed E-state index contributed by atoms with van der Waals surface area (Å²) < 4.78 is 32.7. The third kappa shape index (κ3) is 4.66. The maximum Gasteiger partial charge on any atom is 0.264 e. The number of hydrogen-bond donors (Lipinski definition) is 2. The van der Waals surface area contributed by atoms with Gasteiger partial charge in [-0.2, -0.15) is 5.26 Å². The molecule has 0 spiro atoms. The van der Waals surface area contributed by atoms with Gasteiger partial charge in [0, 0.05) is 31.1 Å². The first-order chi connectivity index (χ1) is 13.9. The molecule has 146 valence electrons. The molecule has 2 heterocycles. The van der Waals surface area contributed by atoms with E-state index in [2.05, 4.69) is 20.0 Å². The number of hydrogen-bond acceptors (Lipinski definition) is 7. The highest BCUT2D eigenvalue weighted by Crippen LogP contribution is 2.25. The van der Waals surface area contributed by atoms with E-state index in [1.165, 1.54) is 37.7 Å². The second-order valence-corrected chi connectivity index (χ2v) is 7.34. The Labute approximate surface area is 166 Å². The minimum atomic E-state index is -3.83. The fourth-order valence-electron chi connectivity index (χ4n) is 2.34. The first-order valence-electron chi connectivity index (χ1n) is 8.27. The second-order valence-electron chi connectivity index (χ2n) is 5.65. The van der Waals surface area contributed by atoms with Crippen molar-refractivity contribution in [3.8, 4) is 17.4 Å². The monoisotopic (exact) mass is 409 g/mol. The van der Waals surface area contributed by atoms with Crippen molar-refractivity contribution in [3.63, 3.8) is 0 Å². The molecule has 9 nitrogen and oxygen atoms in total. The van der Waals surface area contributed by atoms with E-state index < -0.39 is 15.9 Å². The van der Waals surface area contributed by atoms with Crippen LogP contribution in [0.2, 0.25) is 0 Å². The normalized spacial score (nSPS) is 11.5. The number of sulfonamides is 1. The number of likely N-dealkylation sites (N-methyl/N-ethyl adjacent to an activating group) is 1. The lowest BCUT2D eigenvalue weighted by molar-refractivity contribution is -0.116. The van der Waals surface area contributed by atoms with Crippen LogP contribution in [-0.4, -0.2) is 31.3 Å². The van der Waals surface area contributed by atoms with Gasteiger partial charge in [0.15, 0.2) is 0 Å². The summed E-state index contributed by atoms with van der Waals surface area (Å²) in [4.78, 5) is 19.3. The van der Waals surface area contributed by atoms with E-state index in [-0.39, 0.29) is 16.4 Å². The molecule has 0 fully saturated rings. The number of nitrogens with one attached hydrogen (secondary N) is 2. The molecule has 0 saturated carbocycles. The Balaban J connectivity index is 1.81. The summed E-state index contributed by atoms with van der Waals surface area (Å²) in [5, 5.41) is 11.4. The van der Waals surface area contributed by atoms with Crippen molar-refractivity contribution in [1.82, 2.24) is 15.3 Å². The van der Waals surface area contributed by atoms with Crippen molar-refractivity contribution < 1.29 is 17.6 Å². The number of aromatic nitrogens is 2. The minimum Gasteiger partial charge on any atom is -0.457 e. The van der Waals surface area contributed by atoms with Crippen molar-refractivity contribution >= 4 is 28.0 Å². The zero-order valence-electron chi connectivity index (χ0n) is 15.2. The summed E-state index contributed by atoms with van der Waals surface area (Å²) in [7, 11) is -2.41. The van der Waals surface area contributed by atoms with Crippen LogP contribution >= 0.6 is 0 Å². The van der Waals surface area contributed by atoms with Crippen LogP contribution in [0.1, 0.15) is 5.76 Å². The number of carbonyl (C=O) groups is 1. The number of nitrogens with zero attached hydrogens (tertiary/aromatic N) is 3. The lowest BCUT2D eigenvalue weighted by atomic mass is 10.2. The largest absolute Gasteiger partial charge is 0.457 e. The third-order valence-electron chi connectivity index (χ3n) is 3.75. The Morgan fingerprint density at radius 3 is 2.45 bits per heavy atom. The van der Waals surface area contributed by atoms with E-state index in [4.69, 9.17) is 9.68 Å². The smallest absolute Gasteiger partial charge is 0.264 e. The van der Waals surface area contributed by atoms with E-state index in [1.807, 2.05) is 0 Å². The molecule has 0 unspecified atom stereocenters. The zero-order valence-corrected chi connectivity index (χ0v) is 16.0. The number of amides is 1. The first-order valence-corrected chi connectivity index (χ1v) is 9.75. The van der Waals surface area contributed by atoms with Gasteiger partial charge in [-0.05, 0) is 42.5 Å². The Hall–Kier alpha value is -3.97. The maximum absolute atomic E-state index is 12.4. The maximum atomic E-state index is 12.4. The summed E-state index contributed by atoms with van der Waals surface area (Å²) in [5.41, 5.74) is 0.530. The fourth-order valence-corrected chi connectivity index (χ4v) is 3.30. The van der Waals surface area contributed by atoms with E-state index in [0.717, 1.165) is 0 Å². The Kier molecular flexibility index (Phi) is 5.71. The average Bonchev–Trinajstić information content (AvgIpc) is 3.20. The highest BCUT2D eigenvalue weighted by Gasteiger charge is 2.16. The van der Waals surface area contributed by atoms with Gasteiger partial charge in [0.1, 0.15) is 23.2 Å². The van der Waals surface area contributed by atoms with Crippen molar-refractivity contribution in [2.45, 2.75) is 4.90 Å². The van der Waals surface area contributed by atoms with Crippen LogP contribution in [0.4, 0.5) is 5.95 Å². The molecule has 3 rings (SSSR count). The van der Waals surface area contributed by atoms with Gasteiger partial charge in [0.25, 0.3) is 15.9 Å². The molecule has 0 bridgehead atoms. The Morgan fingerprint density at radius 2 is 1.83 bits per heavy atom. The Morgan fingerprint density at radius 1 is 1.14 bits per heavy atom. The van der Waals surface area contributed by atoms with Crippen molar-refractivity contribution in [2.24, 2.45) is 0 Å². The Bertz CT molecular complexity index is 1190. The number of anilines is 1. The number of nitriles is 1. The van der Waals surface area contributed by atoms with Gasteiger partial charge < -0.3 is 9.73 Å². The summed E-state index contributed by atoms with van der Waals surface area (Å²) in [6.45, 7) is 0. The third-order valence-corrected chi connectivity index (χ3v) is 5.09. The second kappa shape index (κ2) is 8.37. The number of furan rings is 1. The van der Waals surface area contributed by atoms with Gasteiger partial charge in [-0.25, -0.2) is 23.1 Å². The molecular formula is C19H15N5O4S. The molecule has 0 aliphatic heterocycles. The van der Waals surface area contributed by atoms with Crippen LogP contribution < -0.4 is 10.0 Å². The van der Waals surface area contributed by atoms with Crippen LogP contribution in [0.25, 0.3) is 17.4 Å². The molecule has 0 aliphatic rings. The minimum absolute atomic E-state index is 0.0246. The number of benzene rings is 1. The summed E-state index contributed by atoms with van der Waals surface area (Å²) in [6.07, 6.45) is 4.18. The van der Waals surface area contributed by atoms with Crippen LogP contribution in [0.3, 0.4) is 0 Å². The molecule has 0 aliphatic carbocycles. The van der Waals surface area contributed by atoms with E-state index in [9.17, 15) is 13.2 Å². The highest BCUT2D eigenvalue weighted by molar-refractivity contribution is 7.92. The quantitative estimate of drug-likeness (QED) is 0.470. The summed E-state index contributed by atoms with van der Waals surface area (Å²) in [5.74, 6) is 0.229. The van der Waals surface area contributed by atoms with E-state index in [1.54, 1.807) is 36.4 Å². The van der Waals surface area contributed by atoms with Gasteiger partial charge >= 0.3 is 0 Å². The van der Waals surface area contributed by atoms with Gasteiger partial charge in [-0.1, -0.05) is 0 Å². The molecule has 3 aromatic rings. The SMILES string of the molecule is CNC(=O)/C(C#N)=C/c1ccc(-c2ccc(S(=O)(=O)Nc3ncccn3)cc2)o1. The highest BCUT2D eigenvalue weighted by atomic mass is 32.2. The number of rotatable bonds is 6. The first kappa shape index (κ1) is 19.8. The topological polar surface area (TPSA) is 138 Å². The van der Waals surface area contributed by atoms with Gasteiger partial charge in [0.05, 0.1) is 4.90 Å². The lowest BCUT2D eigenvalue weighted by Gasteiger charge is -2.06. The predicted molar refractivity (Wildman–Crippen MR) is 105 cm³/mol. The molecular weight excluding hydrogens is 394 g/mol. The van der Waals surface area contributed by atoms with E-state index >= 15 is 0 Å². The molecule has 2 aromatic heterocycles. The molecule has 29 heavy (non-hydrogen) atoms. The van der Waals surface area contributed by atoms with Crippen LogP contribution in [0.5, 0.6) is 0 Å². The number of carbonyl (C=O) groups excluding carboxylic acids is 1. The molecule has 0 atom stereocenters. The van der Waals surface area contributed by atoms with Gasteiger partial charge in [0.2, 0.25) is 5.95 Å². The summed E-state index contributed by atoms with van der Waals surface area (Å²) in [6, 6.07) is 12.6. The molecule has 1 amide bonds. The van der Waals surface area contributed by atoms with Crippen LogP contribution in [-0.2, 0) is 14.8 Å². The molecule has 1 aromatic carbocycles. The van der Waals surface area contributed by atoms with E-state index in [0.29, 0.717) is 17.1 Å². The molecule has 2 N–H and O–H groups in total. The van der Waals surface area contributed by atoms with Crippen LogP contribution in [0, 0.1) is 11.3 Å². The predicted octanol–water partition coefficient (Wildman–Crippen LogP) is 2.19. The molecule has 0 saturated heterocycles.